The number of nitrogens with one attached hydrogen (secondary N) is 5. The molecule has 0 spiro atoms. The first-order chi connectivity index (χ1) is 33.1. The highest BCUT2D eigenvalue weighted by molar-refractivity contribution is 9.10. The molecule has 1 atom stereocenters. The number of aryl methyl sites for hydroxylation is 2. The summed E-state index contributed by atoms with van der Waals surface area (Å²) in [7, 11) is 0.336. The minimum absolute atomic E-state index is 0.0625. The molecule has 3 aromatic carbocycles. The number of anilines is 6. The van der Waals surface area contributed by atoms with Crippen LogP contribution in [0.5, 0.6) is 5.75 Å². The van der Waals surface area contributed by atoms with E-state index in [1.807, 2.05) is 4.90 Å². The van der Waals surface area contributed by atoms with Gasteiger partial charge in [-0.1, -0.05) is 6.92 Å². The second kappa shape index (κ2) is 21.7. The quantitative estimate of drug-likeness (QED) is 0.0363. The van der Waals surface area contributed by atoms with Crippen LogP contribution in [0.15, 0.2) is 58.1 Å². The fourth-order valence-corrected chi connectivity index (χ4v) is 11.6. The molecule has 20 heteroatoms. The maximum Gasteiger partial charge on any atom is 0.274 e. The standard InChI is InChI=1S/C49H61BrF2N11O5P/c1-6-30-23-40(58-49-55-28-36(50)46(60-49)57-39-9-7-33-35(45(39)69(4,5)67)27-56-61(2)48(33)66)42(68-3)26-41(30)63-21-14-31(15-22-63)54-18-17-53-16-11-29-12-19-62(20-13-29)32-24-37(51)44(38(52)25-32)34-8-10-43(64)59-47(34)65/h7,9,23-29,31,34,53-54H,6,8,10-22H2,1-5H3,(H,59,64,65)(H2,55,57,58,60). The molecule has 368 valence electrons. The van der Waals surface area contributed by atoms with Crippen molar-refractivity contribution in [2.75, 3.05) is 86.7 Å². The van der Waals surface area contributed by atoms with Gasteiger partial charge in [-0.05, 0) is 123 Å². The van der Waals surface area contributed by atoms with E-state index in [2.05, 4.69) is 76.6 Å². The van der Waals surface area contributed by atoms with Crippen LogP contribution in [0.25, 0.3) is 10.8 Å². The van der Waals surface area contributed by atoms with Gasteiger partial charge in [-0.25, -0.2) is 18.4 Å². The molecule has 0 radical (unpaired) electrons. The fourth-order valence-electron chi connectivity index (χ4n) is 9.85. The van der Waals surface area contributed by atoms with Crippen molar-refractivity contribution in [3.63, 3.8) is 0 Å². The normalized spacial score (nSPS) is 17.4. The van der Waals surface area contributed by atoms with E-state index in [0.29, 0.717) is 74.5 Å². The second-order valence-corrected chi connectivity index (χ2v) is 22.5. The number of nitrogens with zero attached hydrogens (tertiary/aromatic N) is 6. The first-order valence-electron chi connectivity index (χ1n) is 23.7. The number of imide groups is 1. The molecule has 1 unspecified atom stereocenters. The van der Waals surface area contributed by atoms with E-state index < -0.39 is 36.5 Å². The van der Waals surface area contributed by atoms with Crippen molar-refractivity contribution in [2.24, 2.45) is 13.0 Å². The zero-order chi connectivity index (χ0) is 49.0. The van der Waals surface area contributed by atoms with Crippen molar-refractivity contribution < 1.29 is 27.7 Å². The van der Waals surface area contributed by atoms with Crippen LogP contribution >= 0.6 is 23.1 Å². The van der Waals surface area contributed by atoms with Crippen LogP contribution in [0.4, 0.5) is 43.3 Å². The highest BCUT2D eigenvalue weighted by Gasteiger charge is 2.33. The average molecular weight is 1030 g/mol. The minimum Gasteiger partial charge on any atom is -0.494 e. The molecule has 0 saturated carbocycles. The molecule has 5 aromatic rings. The molecule has 3 saturated heterocycles. The number of benzene rings is 3. The van der Waals surface area contributed by atoms with Crippen LogP contribution in [0, 0.1) is 17.6 Å². The maximum atomic E-state index is 15.1. The number of carbonyl (C=O) groups is 2. The number of hydrogen-bond acceptors (Lipinski definition) is 14. The van der Waals surface area contributed by atoms with Crippen LogP contribution in [-0.4, -0.2) is 104 Å². The molecule has 5 heterocycles. The number of aromatic nitrogens is 4. The zero-order valence-corrected chi connectivity index (χ0v) is 42.2. The smallest absolute Gasteiger partial charge is 0.274 e. The van der Waals surface area contributed by atoms with Crippen molar-refractivity contribution >= 4 is 85.5 Å². The Balaban J connectivity index is 0.792. The third-order valence-electron chi connectivity index (χ3n) is 13.6. The Morgan fingerprint density at radius 1 is 0.884 bits per heavy atom. The Bertz CT molecular complexity index is 2810. The molecule has 69 heavy (non-hydrogen) atoms. The second-order valence-electron chi connectivity index (χ2n) is 18.5. The number of amides is 2. The highest BCUT2D eigenvalue weighted by atomic mass is 79.9. The summed E-state index contributed by atoms with van der Waals surface area (Å²) in [4.78, 5) is 50.4. The summed E-state index contributed by atoms with van der Waals surface area (Å²) in [6, 6.07) is 10.7. The van der Waals surface area contributed by atoms with Crippen molar-refractivity contribution in [3.05, 3.63) is 86.4 Å². The summed E-state index contributed by atoms with van der Waals surface area (Å²) in [6.07, 6.45) is 9.12. The molecular weight excluding hydrogens is 971 g/mol. The van der Waals surface area contributed by atoms with Gasteiger partial charge in [0.2, 0.25) is 17.8 Å². The van der Waals surface area contributed by atoms with E-state index in [0.717, 1.165) is 82.6 Å². The number of halogens is 3. The first kappa shape index (κ1) is 49.9. The van der Waals surface area contributed by atoms with Crippen molar-refractivity contribution in [3.8, 4) is 5.75 Å². The Kier molecular flexibility index (Phi) is 15.7. The Hall–Kier alpha value is -5.49. The topological polar surface area (TPSA) is 188 Å². The third-order valence-corrected chi connectivity index (χ3v) is 15.7. The predicted octanol–water partition coefficient (Wildman–Crippen LogP) is 7.05. The highest BCUT2D eigenvalue weighted by Crippen LogP contribution is 2.42. The van der Waals surface area contributed by atoms with E-state index in [-0.39, 0.29) is 24.0 Å². The van der Waals surface area contributed by atoms with Crippen LogP contribution in [0.1, 0.15) is 68.9 Å². The van der Waals surface area contributed by atoms with Gasteiger partial charge in [-0.2, -0.15) is 10.1 Å². The SMILES string of the molecule is CCc1cc(Nc2ncc(Br)c(Nc3ccc4c(=O)n(C)ncc4c3P(C)(C)=O)n2)c(OC)cc1N1CCC(NCCNCCC2CCN(c3cc(F)c(C4CCC(=O)NC4=O)c(F)c3)CC2)CC1. The van der Waals surface area contributed by atoms with E-state index in [9.17, 15) is 18.9 Å². The molecule has 3 aliphatic heterocycles. The Morgan fingerprint density at radius 3 is 2.29 bits per heavy atom. The van der Waals surface area contributed by atoms with Gasteiger partial charge in [0.1, 0.15) is 30.3 Å². The molecule has 16 nitrogen and oxygen atoms in total. The van der Waals surface area contributed by atoms with Gasteiger partial charge in [0, 0.05) is 98.7 Å². The lowest BCUT2D eigenvalue weighted by molar-refractivity contribution is -0.134. The summed E-state index contributed by atoms with van der Waals surface area (Å²) in [5.74, 6) is -1.59. The Labute approximate surface area is 409 Å². The van der Waals surface area contributed by atoms with Crippen molar-refractivity contribution in [2.45, 2.75) is 70.3 Å². The van der Waals surface area contributed by atoms with E-state index >= 15 is 8.78 Å². The van der Waals surface area contributed by atoms with Crippen LogP contribution in [0.3, 0.4) is 0 Å². The lowest BCUT2D eigenvalue weighted by Crippen LogP contribution is -2.44. The molecule has 2 aromatic heterocycles. The predicted molar refractivity (Wildman–Crippen MR) is 272 cm³/mol. The zero-order valence-electron chi connectivity index (χ0n) is 39.8. The van der Waals surface area contributed by atoms with E-state index in [4.69, 9.17) is 9.72 Å². The van der Waals surface area contributed by atoms with Crippen LogP contribution in [-0.2, 0) is 27.6 Å². The van der Waals surface area contributed by atoms with Gasteiger partial charge in [0.15, 0.2) is 0 Å². The molecule has 0 aliphatic carbocycles. The number of rotatable bonds is 17. The number of piperidine rings is 3. The van der Waals surface area contributed by atoms with Gasteiger partial charge in [-0.15, -0.1) is 0 Å². The van der Waals surface area contributed by atoms with E-state index in [1.165, 1.54) is 22.4 Å². The van der Waals surface area contributed by atoms with Gasteiger partial charge in [-0.3, -0.25) is 19.7 Å². The summed E-state index contributed by atoms with van der Waals surface area (Å²) in [6.45, 7) is 11.4. The summed E-state index contributed by atoms with van der Waals surface area (Å²) < 4.78 is 51.7. The number of carbonyl (C=O) groups excluding carboxylic acids is 2. The van der Waals surface area contributed by atoms with Crippen molar-refractivity contribution in [1.82, 2.24) is 35.7 Å². The van der Waals surface area contributed by atoms with Gasteiger partial charge in [0.05, 0.1) is 40.5 Å². The van der Waals surface area contributed by atoms with Crippen LogP contribution in [0.2, 0.25) is 0 Å². The largest absolute Gasteiger partial charge is 0.494 e. The molecular formula is C49H61BrF2N11O5P. The molecule has 8 rings (SSSR count). The fraction of sp³-hybridized carbons (Fsp3) is 0.469. The minimum atomic E-state index is -2.90. The molecule has 3 fully saturated rings. The number of methoxy groups -OCH3 is 1. The molecule has 2 amide bonds. The monoisotopic (exact) mass is 1030 g/mol. The maximum absolute atomic E-state index is 15.1. The lowest BCUT2D eigenvalue weighted by atomic mass is 9.89. The molecule has 0 bridgehead atoms. The van der Waals surface area contributed by atoms with Crippen molar-refractivity contribution in [1.29, 1.82) is 0 Å². The number of ether oxygens (including phenoxy) is 1. The Morgan fingerprint density at radius 2 is 1.61 bits per heavy atom. The van der Waals surface area contributed by atoms with Gasteiger partial charge < -0.3 is 40.4 Å². The summed E-state index contributed by atoms with van der Waals surface area (Å²) in [5, 5.41) is 21.9. The third kappa shape index (κ3) is 11.4. The van der Waals surface area contributed by atoms with Gasteiger partial charge >= 0.3 is 0 Å². The number of hydrogen-bond donors (Lipinski definition) is 5. The average Bonchev–Trinajstić information content (AvgIpc) is 3.32. The summed E-state index contributed by atoms with van der Waals surface area (Å²) in [5.41, 5.74) is 3.55. The number of fused-ring (bicyclic) bond motifs is 1. The van der Waals surface area contributed by atoms with E-state index in [1.54, 1.807) is 52.0 Å². The van der Waals surface area contributed by atoms with Gasteiger partial charge in [0.25, 0.3) is 5.56 Å². The first-order valence-corrected chi connectivity index (χ1v) is 27.1. The molecule has 5 N–H and O–H groups in total. The lowest BCUT2D eigenvalue weighted by Gasteiger charge is -2.35. The summed E-state index contributed by atoms with van der Waals surface area (Å²) >= 11 is 3.57. The molecule has 3 aliphatic rings. The van der Waals surface area contributed by atoms with Crippen LogP contribution < -0.4 is 52.0 Å².